The van der Waals surface area contributed by atoms with Crippen LogP contribution < -0.4 is 5.32 Å². The summed E-state index contributed by atoms with van der Waals surface area (Å²) >= 11 is 1.40. The number of morpholine rings is 1. The third kappa shape index (κ3) is 5.11. The molecular weight excluding hydrogens is 432 g/mol. The van der Waals surface area contributed by atoms with Gasteiger partial charge in [0.05, 0.1) is 35.6 Å². The van der Waals surface area contributed by atoms with Crippen molar-refractivity contribution in [3.63, 3.8) is 0 Å². The molecule has 0 spiro atoms. The number of nitrogens with one attached hydrogen (secondary N) is 1. The molecule has 1 N–H and O–H groups in total. The van der Waals surface area contributed by atoms with Gasteiger partial charge in [0.1, 0.15) is 5.69 Å². The number of rotatable bonds is 7. The average Bonchev–Trinajstić information content (AvgIpc) is 3.40. The zero-order chi connectivity index (χ0) is 22.5. The van der Waals surface area contributed by atoms with Crippen LogP contribution in [0.3, 0.4) is 0 Å². The largest absolute Gasteiger partial charge is 0.379 e. The summed E-state index contributed by atoms with van der Waals surface area (Å²) in [5, 5.41) is 5.71. The quantitative estimate of drug-likeness (QED) is 0.428. The molecule has 1 aliphatic rings. The minimum Gasteiger partial charge on any atom is -0.379 e. The predicted molar refractivity (Wildman–Crippen MR) is 133 cm³/mol. The van der Waals surface area contributed by atoms with Crippen LogP contribution in [0.25, 0.3) is 22.2 Å². The highest BCUT2D eigenvalue weighted by Crippen LogP contribution is 2.29. The number of aryl methyl sites for hydroxylation is 1. The Balaban J connectivity index is 1.39. The van der Waals surface area contributed by atoms with E-state index in [9.17, 15) is 4.79 Å². The monoisotopic (exact) mass is 458 g/mol. The minimum atomic E-state index is -0.223. The van der Waals surface area contributed by atoms with Crippen molar-refractivity contribution < 1.29 is 9.53 Å². The van der Waals surface area contributed by atoms with E-state index in [2.05, 4.69) is 51.6 Å². The van der Waals surface area contributed by atoms with Crippen LogP contribution in [-0.2, 0) is 11.2 Å². The van der Waals surface area contributed by atoms with Crippen molar-refractivity contribution in [2.45, 2.75) is 12.8 Å². The minimum absolute atomic E-state index is 0.223. The topological polar surface area (TPSA) is 67.4 Å². The molecule has 6 nitrogen and oxygen atoms in total. The summed E-state index contributed by atoms with van der Waals surface area (Å²) in [6.07, 6.45) is 2.09. The number of nitrogens with zero attached hydrogens (tertiary/aromatic N) is 3. The number of ether oxygens (including phenoxy) is 1. The second-order valence-corrected chi connectivity index (χ2v) is 8.83. The fourth-order valence-corrected chi connectivity index (χ4v) is 4.75. The maximum absolute atomic E-state index is 12.6. The molecule has 0 unspecified atom stereocenters. The smallest absolute Gasteiger partial charge is 0.275 e. The van der Waals surface area contributed by atoms with Gasteiger partial charge >= 0.3 is 0 Å². The zero-order valence-electron chi connectivity index (χ0n) is 18.4. The molecule has 33 heavy (non-hydrogen) atoms. The summed E-state index contributed by atoms with van der Waals surface area (Å²) in [7, 11) is 0. The molecule has 0 saturated carbocycles. The Morgan fingerprint density at radius 3 is 2.79 bits per heavy atom. The highest BCUT2D eigenvalue weighted by molar-refractivity contribution is 7.07. The lowest BCUT2D eigenvalue weighted by Crippen LogP contribution is -2.36. The van der Waals surface area contributed by atoms with Gasteiger partial charge in [-0.25, -0.2) is 9.97 Å². The molecule has 3 heterocycles. The second kappa shape index (κ2) is 10.2. The Labute approximate surface area is 197 Å². The van der Waals surface area contributed by atoms with Crippen LogP contribution >= 0.6 is 11.3 Å². The van der Waals surface area contributed by atoms with E-state index >= 15 is 0 Å². The van der Waals surface area contributed by atoms with Crippen LogP contribution in [0.15, 0.2) is 65.5 Å². The van der Waals surface area contributed by atoms with Crippen LogP contribution in [0.4, 0.5) is 5.69 Å². The van der Waals surface area contributed by atoms with Gasteiger partial charge in [0.25, 0.3) is 5.91 Å². The van der Waals surface area contributed by atoms with Gasteiger partial charge in [0.2, 0.25) is 0 Å². The first-order valence-electron chi connectivity index (χ1n) is 11.3. The van der Waals surface area contributed by atoms with Gasteiger partial charge in [-0.3, -0.25) is 9.69 Å². The van der Waals surface area contributed by atoms with Crippen LogP contribution in [0, 0.1) is 0 Å². The number of hydrogen-bond donors (Lipinski definition) is 1. The fraction of sp³-hybridized carbons (Fsp3) is 0.269. The predicted octanol–water partition coefficient (Wildman–Crippen LogP) is 4.88. The first kappa shape index (κ1) is 21.7. The fourth-order valence-electron chi connectivity index (χ4n) is 4.22. The van der Waals surface area contributed by atoms with Gasteiger partial charge in [-0.2, -0.15) is 0 Å². The Hall–Kier alpha value is -3.13. The number of para-hydroxylation sites is 1. The van der Waals surface area contributed by atoms with Crippen LogP contribution in [0.1, 0.15) is 22.5 Å². The maximum atomic E-state index is 12.6. The van der Waals surface area contributed by atoms with Crippen molar-refractivity contribution in [1.29, 1.82) is 0 Å². The second-order valence-electron chi connectivity index (χ2n) is 8.12. The summed E-state index contributed by atoms with van der Waals surface area (Å²) in [4.78, 5) is 24.1. The lowest BCUT2D eigenvalue weighted by molar-refractivity contribution is 0.0375. The van der Waals surface area contributed by atoms with Crippen molar-refractivity contribution in [1.82, 2.24) is 14.9 Å². The van der Waals surface area contributed by atoms with E-state index in [1.54, 1.807) is 10.9 Å². The highest BCUT2D eigenvalue weighted by atomic mass is 32.1. The van der Waals surface area contributed by atoms with Gasteiger partial charge in [0, 0.05) is 29.4 Å². The first-order chi connectivity index (χ1) is 16.3. The molecule has 1 amide bonds. The van der Waals surface area contributed by atoms with E-state index in [1.165, 1.54) is 16.9 Å². The van der Waals surface area contributed by atoms with Crippen molar-refractivity contribution in [2.75, 3.05) is 38.2 Å². The molecule has 5 rings (SSSR count). The molecule has 0 radical (unpaired) electrons. The van der Waals surface area contributed by atoms with E-state index in [-0.39, 0.29) is 5.91 Å². The summed E-state index contributed by atoms with van der Waals surface area (Å²) in [6.45, 7) is 4.78. The number of hydrogen-bond acceptors (Lipinski definition) is 6. The van der Waals surface area contributed by atoms with E-state index in [0.717, 1.165) is 67.8 Å². The van der Waals surface area contributed by atoms with E-state index in [1.807, 2.05) is 18.2 Å². The Bertz CT molecular complexity index is 1240. The van der Waals surface area contributed by atoms with E-state index in [0.29, 0.717) is 11.4 Å². The molecule has 1 saturated heterocycles. The summed E-state index contributed by atoms with van der Waals surface area (Å²) in [6, 6.07) is 18.4. The Morgan fingerprint density at radius 2 is 1.94 bits per heavy atom. The van der Waals surface area contributed by atoms with Crippen LogP contribution in [0.5, 0.6) is 0 Å². The molecule has 1 fully saturated rings. The normalized spacial score (nSPS) is 14.4. The van der Waals surface area contributed by atoms with Crippen molar-refractivity contribution in [3.05, 3.63) is 76.7 Å². The maximum Gasteiger partial charge on any atom is 0.275 e. The number of anilines is 1. The van der Waals surface area contributed by atoms with Gasteiger partial charge in [-0.05, 0) is 37.1 Å². The number of amides is 1. The highest BCUT2D eigenvalue weighted by Gasteiger charge is 2.14. The number of aromatic nitrogens is 2. The third-order valence-electron chi connectivity index (χ3n) is 5.95. The van der Waals surface area contributed by atoms with Crippen molar-refractivity contribution in [3.8, 4) is 11.3 Å². The average molecular weight is 459 g/mol. The number of benzene rings is 2. The molecule has 1 aliphatic heterocycles. The number of carbonyl (C=O) groups excluding carboxylic acids is 1. The zero-order valence-corrected chi connectivity index (χ0v) is 19.2. The molecule has 0 aliphatic carbocycles. The number of thiazole rings is 1. The Morgan fingerprint density at radius 1 is 1.06 bits per heavy atom. The molecular formula is C26H26N4O2S. The van der Waals surface area contributed by atoms with Crippen molar-refractivity contribution >= 4 is 33.8 Å². The molecule has 0 bridgehead atoms. The molecule has 4 aromatic rings. The standard InChI is InChI=1S/C26H26N4O2S/c31-26(24-17-33-18-27-24)29-23-9-3-6-20-10-11-22(28-25(20)23)21-8-2-1-5-19(21)7-4-12-30-13-15-32-16-14-30/h1-3,5-6,8-11,17-18H,4,7,12-16H2,(H,29,31). The van der Waals surface area contributed by atoms with Gasteiger partial charge in [-0.15, -0.1) is 11.3 Å². The molecule has 7 heteroatoms. The first-order valence-corrected chi connectivity index (χ1v) is 12.2. The summed E-state index contributed by atoms with van der Waals surface area (Å²) in [5.41, 5.74) is 6.89. The molecule has 0 atom stereocenters. The van der Waals surface area contributed by atoms with Crippen LogP contribution in [0.2, 0.25) is 0 Å². The Kier molecular flexibility index (Phi) is 6.71. The molecule has 168 valence electrons. The lowest BCUT2D eigenvalue weighted by atomic mass is 9.99. The van der Waals surface area contributed by atoms with Gasteiger partial charge in [-0.1, -0.05) is 42.5 Å². The number of carbonyl (C=O) groups is 1. The van der Waals surface area contributed by atoms with Crippen LogP contribution in [-0.4, -0.2) is 53.6 Å². The van der Waals surface area contributed by atoms with E-state index < -0.39 is 0 Å². The van der Waals surface area contributed by atoms with E-state index in [4.69, 9.17) is 9.72 Å². The SMILES string of the molecule is O=C(Nc1cccc2ccc(-c3ccccc3CCCN3CCOCC3)nc12)c1cscn1. The van der Waals surface area contributed by atoms with Gasteiger partial charge in [0.15, 0.2) is 0 Å². The summed E-state index contributed by atoms with van der Waals surface area (Å²) in [5.74, 6) is -0.223. The van der Waals surface area contributed by atoms with Gasteiger partial charge < -0.3 is 10.1 Å². The third-order valence-corrected chi connectivity index (χ3v) is 6.54. The lowest BCUT2D eigenvalue weighted by Gasteiger charge is -2.26. The van der Waals surface area contributed by atoms with Crippen molar-refractivity contribution in [2.24, 2.45) is 0 Å². The molecule has 2 aromatic carbocycles. The summed E-state index contributed by atoms with van der Waals surface area (Å²) < 4.78 is 5.45. The number of fused-ring (bicyclic) bond motifs is 1. The molecule has 2 aromatic heterocycles. The number of pyridine rings is 1.